The van der Waals surface area contributed by atoms with E-state index >= 15 is 0 Å². The number of aromatic nitrogens is 6. The third-order valence-electron chi connectivity index (χ3n) is 5.30. The Hall–Kier alpha value is -3.29. The largest absolute Gasteiger partial charge is 0.365 e. The minimum absolute atomic E-state index is 0.347. The molecule has 8 nitrogen and oxygen atoms in total. The molecule has 142 valence electrons. The highest BCUT2D eigenvalue weighted by molar-refractivity contribution is 5.89. The molecule has 0 saturated carbocycles. The lowest BCUT2D eigenvalue weighted by atomic mass is 10.1. The number of hydrogen-bond donors (Lipinski definition) is 0. The summed E-state index contributed by atoms with van der Waals surface area (Å²) in [5, 5.41) is 14.1. The Morgan fingerprint density at radius 1 is 0.964 bits per heavy atom. The Bertz CT molecular complexity index is 1120. The number of benzene rings is 1. The molecular weight excluding hydrogens is 352 g/mol. The third-order valence-corrected chi connectivity index (χ3v) is 5.30. The lowest BCUT2D eigenvalue weighted by Crippen LogP contribution is -2.47. The molecule has 1 saturated heterocycles. The summed E-state index contributed by atoms with van der Waals surface area (Å²) >= 11 is 0. The van der Waals surface area contributed by atoms with Gasteiger partial charge in [0.2, 0.25) is 5.65 Å². The first-order chi connectivity index (χ1) is 13.7. The molecular formula is C20H22N8. The highest BCUT2D eigenvalue weighted by Crippen LogP contribution is 2.27. The molecule has 0 atom stereocenters. The molecule has 1 aliphatic rings. The molecule has 0 N–H and O–H groups in total. The highest BCUT2D eigenvalue weighted by Gasteiger charge is 2.23. The molecule has 0 radical (unpaired) electrons. The summed E-state index contributed by atoms with van der Waals surface area (Å²) < 4.78 is 1.79. The number of anilines is 2. The molecule has 28 heavy (non-hydrogen) atoms. The fourth-order valence-corrected chi connectivity index (χ4v) is 3.75. The number of rotatable bonds is 3. The second-order valence-electron chi connectivity index (χ2n) is 7.40. The van der Waals surface area contributed by atoms with Crippen molar-refractivity contribution in [1.82, 2.24) is 29.8 Å². The van der Waals surface area contributed by atoms with E-state index in [1.165, 1.54) is 0 Å². The predicted molar refractivity (Wildman–Crippen MR) is 109 cm³/mol. The first kappa shape index (κ1) is 16.9. The van der Waals surface area contributed by atoms with Crippen LogP contribution < -0.4 is 9.80 Å². The molecule has 0 aliphatic carbocycles. The van der Waals surface area contributed by atoms with E-state index in [-0.39, 0.29) is 0 Å². The van der Waals surface area contributed by atoms with Gasteiger partial charge in [-0.1, -0.05) is 26.0 Å². The maximum Gasteiger partial charge on any atom is 0.200 e. The van der Waals surface area contributed by atoms with Crippen molar-refractivity contribution in [3.63, 3.8) is 0 Å². The summed E-state index contributed by atoms with van der Waals surface area (Å²) in [7, 11) is 0. The molecule has 0 spiro atoms. The van der Waals surface area contributed by atoms with E-state index in [4.69, 9.17) is 0 Å². The molecule has 0 bridgehead atoms. The van der Waals surface area contributed by atoms with E-state index < -0.39 is 0 Å². The molecule has 0 unspecified atom stereocenters. The molecule has 1 fully saturated rings. The van der Waals surface area contributed by atoms with Crippen LogP contribution in [-0.4, -0.2) is 56.0 Å². The van der Waals surface area contributed by atoms with Crippen molar-refractivity contribution in [2.75, 3.05) is 36.0 Å². The monoisotopic (exact) mass is 374 g/mol. The van der Waals surface area contributed by atoms with Crippen LogP contribution in [-0.2, 0) is 0 Å². The first-order valence-electron chi connectivity index (χ1n) is 9.61. The van der Waals surface area contributed by atoms with Crippen molar-refractivity contribution >= 4 is 28.1 Å². The van der Waals surface area contributed by atoms with Crippen LogP contribution in [0.3, 0.4) is 0 Å². The zero-order valence-electron chi connectivity index (χ0n) is 16.0. The van der Waals surface area contributed by atoms with Crippen LogP contribution in [0.1, 0.15) is 25.5 Å². The molecule has 8 heteroatoms. The first-order valence-corrected chi connectivity index (χ1v) is 9.61. The molecule has 1 aliphatic heterocycles. The molecule has 3 aromatic heterocycles. The normalized spacial score (nSPS) is 15.1. The van der Waals surface area contributed by atoms with Gasteiger partial charge in [-0.15, -0.1) is 10.2 Å². The Balaban J connectivity index is 1.43. The maximum atomic E-state index is 4.62. The van der Waals surface area contributed by atoms with E-state index in [1.54, 1.807) is 17.2 Å². The van der Waals surface area contributed by atoms with Gasteiger partial charge in [-0.05, 0) is 24.1 Å². The van der Waals surface area contributed by atoms with Crippen molar-refractivity contribution in [3.05, 3.63) is 48.7 Å². The number of para-hydroxylation sites is 1. The standard InChI is InChI=1S/C20H22N8/c1-14(2)17-11-18(20-24-23-13-28(20)25-17)26-7-9-27(10-8-26)19-15-5-3-4-6-16(15)21-12-22-19/h3-6,11-14H,7-10H2,1-2H3. The maximum absolute atomic E-state index is 4.62. The van der Waals surface area contributed by atoms with Gasteiger partial charge in [0, 0.05) is 31.6 Å². The van der Waals surface area contributed by atoms with Gasteiger partial charge in [0.15, 0.2) is 0 Å². The Morgan fingerprint density at radius 2 is 1.75 bits per heavy atom. The predicted octanol–water partition coefficient (Wildman–Crippen LogP) is 2.52. The number of hydrogen-bond acceptors (Lipinski definition) is 7. The smallest absolute Gasteiger partial charge is 0.200 e. The quantitative estimate of drug-likeness (QED) is 0.545. The fourth-order valence-electron chi connectivity index (χ4n) is 3.75. The summed E-state index contributed by atoms with van der Waals surface area (Å²) in [5.41, 5.74) is 3.94. The Labute approximate surface area is 162 Å². The van der Waals surface area contributed by atoms with E-state index in [0.29, 0.717) is 5.92 Å². The summed E-state index contributed by atoms with van der Waals surface area (Å²) in [6.07, 6.45) is 3.33. The average Bonchev–Trinajstić information content (AvgIpc) is 3.21. The SMILES string of the molecule is CC(C)c1cc(N2CCN(c3ncnc4ccccc34)CC2)c2nncn2n1. The van der Waals surface area contributed by atoms with Gasteiger partial charge < -0.3 is 9.80 Å². The van der Waals surface area contributed by atoms with Gasteiger partial charge in [0.1, 0.15) is 18.5 Å². The van der Waals surface area contributed by atoms with Gasteiger partial charge in [-0.3, -0.25) is 0 Å². The number of nitrogens with zero attached hydrogens (tertiary/aromatic N) is 8. The van der Waals surface area contributed by atoms with Crippen LogP contribution >= 0.6 is 0 Å². The van der Waals surface area contributed by atoms with Crippen LogP contribution in [0.2, 0.25) is 0 Å². The molecule has 5 rings (SSSR count). The van der Waals surface area contributed by atoms with Crippen LogP contribution in [0.15, 0.2) is 43.0 Å². The summed E-state index contributed by atoms with van der Waals surface area (Å²) in [6.45, 7) is 7.87. The van der Waals surface area contributed by atoms with Crippen molar-refractivity contribution in [1.29, 1.82) is 0 Å². The van der Waals surface area contributed by atoms with Crippen LogP contribution in [0.5, 0.6) is 0 Å². The third kappa shape index (κ3) is 2.81. The summed E-state index contributed by atoms with van der Waals surface area (Å²) in [6, 6.07) is 10.3. The van der Waals surface area contributed by atoms with Gasteiger partial charge in [-0.25, -0.2) is 9.97 Å². The second-order valence-corrected chi connectivity index (χ2v) is 7.40. The van der Waals surface area contributed by atoms with Gasteiger partial charge in [-0.2, -0.15) is 9.61 Å². The lowest BCUT2D eigenvalue weighted by Gasteiger charge is -2.37. The zero-order valence-corrected chi connectivity index (χ0v) is 16.0. The molecule has 1 aromatic carbocycles. The van der Waals surface area contributed by atoms with Crippen LogP contribution in [0.25, 0.3) is 16.6 Å². The summed E-state index contributed by atoms with van der Waals surface area (Å²) in [4.78, 5) is 13.7. The van der Waals surface area contributed by atoms with Crippen molar-refractivity contribution in [2.45, 2.75) is 19.8 Å². The van der Waals surface area contributed by atoms with E-state index in [9.17, 15) is 0 Å². The Kier molecular flexibility index (Phi) is 4.03. The molecule has 0 amide bonds. The van der Waals surface area contributed by atoms with Gasteiger partial charge >= 0.3 is 0 Å². The lowest BCUT2D eigenvalue weighted by molar-refractivity contribution is 0.646. The topological polar surface area (TPSA) is 75.3 Å². The van der Waals surface area contributed by atoms with Crippen molar-refractivity contribution in [2.24, 2.45) is 0 Å². The Morgan fingerprint density at radius 3 is 2.57 bits per heavy atom. The van der Waals surface area contributed by atoms with Gasteiger partial charge in [0.25, 0.3) is 0 Å². The number of piperazine rings is 1. The highest BCUT2D eigenvalue weighted by atomic mass is 15.4. The fraction of sp³-hybridized carbons (Fsp3) is 0.350. The minimum atomic E-state index is 0.347. The second kappa shape index (κ2) is 6.70. The average molecular weight is 374 g/mol. The number of fused-ring (bicyclic) bond motifs is 2. The molecule has 4 aromatic rings. The van der Waals surface area contributed by atoms with E-state index in [1.807, 2.05) is 18.2 Å². The zero-order chi connectivity index (χ0) is 19.1. The van der Waals surface area contributed by atoms with E-state index in [0.717, 1.165) is 59.9 Å². The van der Waals surface area contributed by atoms with Crippen molar-refractivity contribution < 1.29 is 0 Å². The van der Waals surface area contributed by atoms with Gasteiger partial charge in [0.05, 0.1) is 16.9 Å². The summed E-state index contributed by atoms with van der Waals surface area (Å²) in [5.74, 6) is 1.36. The van der Waals surface area contributed by atoms with Crippen molar-refractivity contribution in [3.8, 4) is 0 Å². The molecule has 4 heterocycles. The van der Waals surface area contributed by atoms with Crippen LogP contribution in [0, 0.1) is 0 Å². The van der Waals surface area contributed by atoms with E-state index in [2.05, 4.69) is 61.0 Å². The van der Waals surface area contributed by atoms with Crippen LogP contribution in [0.4, 0.5) is 11.5 Å². The minimum Gasteiger partial charge on any atom is -0.365 e.